The summed E-state index contributed by atoms with van der Waals surface area (Å²) in [5.74, 6) is 0.271. The van der Waals surface area contributed by atoms with Gasteiger partial charge in [0.2, 0.25) is 0 Å². The molecule has 0 radical (unpaired) electrons. The van der Waals surface area contributed by atoms with E-state index in [2.05, 4.69) is 45.4 Å². The number of halogens is 2. The monoisotopic (exact) mass is 408 g/mol. The molecule has 0 spiro atoms. The van der Waals surface area contributed by atoms with E-state index in [0.29, 0.717) is 6.42 Å². The molecule has 0 saturated heterocycles. The lowest BCUT2D eigenvalue weighted by molar-refractivity contribution is 0.0978. The summed E-state index contributed by atoms with van der Waals surface area (Å²) in [4.78, 5) is 12.0. The molecule has 0 amide bonds. The van der Waals surface area contributed by atoms with Gasteiger partial charge < -0.3 is 0 Å². The normalized spacial score (nSPS) is 10.5. The maximum Gasteiger partial charge on any atom is 0.163 e. The Morgan fingerprint density at radius 1 is 1.24 bits per heavy atom. The number of benzene rings is 1. The lowest BCUT2D eigenvalue weighted by atomic mass is 10.0. The number of ketones is 1. The van der Waals surface area contributed by atoms with Crippen LogP contribution in [0.2, 0.25) is 0 Å². The van der Waals surface area contributed by atoms with Gasteiger partial charge in [-0.25, -0.2) is 0 Å². The second kappa shape index (κ2) is 8.25. The Labute approximate surface area is 126 Å². The highest BCUT2D eigenvalue weighted by Crippen LogP contribution is 2.20. The van der Waals surface area contributed by atoms with E-state index in [4.69, 9.17) is 0 Å². The maximum absolute atomic E-state index is 12.0. The van der Waals surface area contributed by atoms with Gasteiger partial charge in [-0.3, -0.25) is 4.79 Å². The largest absolute Gasteiger partial charge is 0.294 e. The number of carbonyl (C=O) groups excluding carboxylic acids is 1. The van der Waals surface area contributed by atoms with E-state index in [9.17, 15) is 4.79 Å². The number of carbonyl (C=O) groups is 1. The van der Waals surface area contributed by atoms with Crippen LogP contribution in [0.15, 0.2) is 22.7 Å². The average molecular weight is 409 g/mol. The van der Waals surface area contributed by atoms with Crippen LogP contribution in [0.1, 0.15) is 55.8 Å². The van der Waals surface area contributed by atoms with Crippen LogP contribution < -0.4 is 0 Å². The predicted octanol–water partition coefficient (Wildman–Crippen LogP) is 5.60. The van der Waals surface area contributed by atoms with Crippen LogP contribution >= 0.6 is 38.5 Å². The summed E-state index contributed by atoms with van der Waals surface area (Å²) in [5.41, 5.74) is 0.857. The summed E-state index contributed by atoms with van der Waals surface area (Å²) in [6.07, 6.45) is 6.64. The minimum absolute atomic E-state index is 0.271. The van der Waals surface area contributed by atoms with Gasteiger partial charge in [0.05, 0.1) is 0 Å². The Kier molecular flexibility index (Phi) is 7.35. The Bertz CT molecular complexity index is 376. The van der Waals surface area contributed by atoms with Gasteiger partial charge in [-0.15, -0.1) is 0 Å². The standard InChI is InChI=1S/C14H18BrIO/c1-2-3-4-5-6-7-14(17)12-10-11(15)8-9-13(12)16/h8-10H,2-7H2,1H3. The second-order valence-corrected chi connectivity index (χ2v) is 6.29. The summed E-state index contributed by atoms with van der Waals surface area (Å²) in [7, 11) is 0. The molecule has 0 fully saturated rings. The first-order valence-electron chi connectivity index (χ1n) is 6.13. The SMILES string of the molecule is CCCCCCCC(=O)c1cc(Br)ccc1I. The van der Waals surface area contributed by atoms with Crippen molar-refractivity contribution in [2.75, 3.05) is 0 Å². The van der Waals surface area contributed by atoms with Gasteiger partial charge in [0.25, 0.3) is 0 Å². The van der Waals surface area contributed by atoms with Crippen LogP contribution in [-0.2, 0) is 0 Å². The highest BCUT2D eigenvalue weighted by molar-refractivity contribution is 14.1. The highest BCUT2D eigenvalue weighted by Gasteiger charge is 2.09. The zero-order valence-electron chi connectivity index (χ0n) is 10.1. The smallest absolute Gasteiger partial charge is 0.163 e. The van der Waals surface area contributed by atoms with Gasteiger partial charge in [-0.05, 0) is 47.2 Å². The molecule has 0 aromatic heterocycles. The molecule has 1 aromatic carbocycles. The van der Waals surface area contributed by atoms with E-state index in [1.165, 1.54) is 25.7 Å². The molecule has 0 bridgehead atoms. The van der Waals surface area contributed by atoms with Gasteiger partial charge in [0.1, 0.15) is 0 Å². The minimum Gasteiger partial charge on any atom is -0.294 e. The third-order valence-corrected chi connectivity index (χ3v) is 4.17. The van der Waals surface area contributed by atoms with Gasteiger partial charge in [0, 0.05) is 20.0 Å². The summed E-state index contributed by atoms with van der Waals surface area (Å²) in [5, 5.41) is 0. The summed E-state index contributed by atoms with van der Waals surface area (Å²) in [6, 6.07) is 5.88. The molecule has 0 aliphatic rings. The fourth-order valence-electron chi connectivity index (χ4n) is 1.73. The van der Waals surface area contributed by atoms with Crippen molar-refractivity contribution in [1.82, 2.24) is 0 Å². The van der Waals surface area contributed by atoms with Crippen molar-refractivity contribution in [3.63, 3.8) is 0 Å². The number of unbranched alkanes of at least 4 members (excludes halogenated alkanes) is 4. The van der Waals surface area contributed by atoms with Crippen LogP contribution in [0.4, 0.5) is 0 Å². The number of hydrogen-bond acceptors (Lipinski definition) is 1. The van der Waals surface area contributed by atoms with Crippen molar-refractivity contribution < 1.29 is 4.79 Å². The van der Waals surface area contributed by atoms with E-state index >= 15 is 0 Å². The molecular weight excluding hydrogens is 391 g/mol. The Balaban J connectivity index is 2.44. The maximum atomic E-state index is 12.0. The van der Waals surface area contributed by atoms with Crippen molar-refractivity contribution >= 4 is 44.3 Å². The molecule has 0 unspecified atom stereocenters. The molecular formula is C14H18BrIO. The van der Waals surface area contributed by atoms with Crippen LogP contribution in [0, 0.1) is 3.57 Å². The lowest BCUT2D eigenvalue weighted by Gasteiger charge is -2.04. The highest BCUT2D eigenvalue weighted by atomic mass is 127. The molecule has 1 nitrogen and oxygen atoms in total. The van der Waals surface area contributed by atoms with Crippen molar-refractivity contribution in [2.45, 2.75) is 45.4 Å². The topological polar surface area (TPSA) is 17.1 Å². The first-order chi connectivity index (χ1) is 8.15. The summed E-state index contributed by atoms with van der Waals surface area (Å²) in [6.45, 7) is 2.20. The van der Waals surface area contributed by atoms with E-state index in [1.807, 2.05) is 18.2 Å². The zero-order chi connectivity index (χ0) is 12.7. The first-order valence-corrected chi connectivity index (χ1v) is 8.00. The van der Waals surface area contributed by atoms with Crippen molar-refractivity contribution in [3.05, 3.63) is 31.8 Å². The lowest BCUT2D eigenvalue weighted by Crippen LogP contribution is -2.01. The minimum atomic E-state index is 0.271. The molecule has 0 heterocycles. The molecule has 0 aliphatic heterocycles. The van der Waals surface area contributed by atoms with E-state index in [0.717, 1.165) is 20.0 Å². The first kappa shape index (κ1) is 15.2. The quantitative estimate of drug-likeness (QED) is 0.326. The fourth-order valence-corrected chi connectivity index (χ4v) is 2.73. The van der Waals surface area contributed by atoms with Crippen LogP contribution in [-0.4, -0.2) is 5.78 Å². The second-order valence-electron chi connectivity index (χ2n) is 4.21. The predicted molar refractivity (Wildman–Crippen MR) is 84.6 cm³/mol. The Hall–Kier alpha value is 0.1000. The van der Waals surface area contributed by atoms with Crippen LogP contribution in [0.3, 0.4) is 0 Å². The molecule has 0 aliphatic carbocycles. The average Bonchev–Trinajstić information content (AvgIpc) is 2.32. The summed E-state index contributed by atoms with van der Waals surface area (Å²) < 4.78 is 2.02. The Morgan fingerprint density at radius 3 is 2.65 bits per heavy atom. The molecule has 3 heteroatoms. The molecule has 0 atom stereocenters. The molecule has 1 rings (SSSR count). The fraction of sp³-hybridized carbons (Fsp3) is 0.500. The number of Topliss-reactive ketones (excluding diaryl/α,β-unsaturated/α-hetero) is 1. The summed E-state index contributed by atoms with van der Waals surface area (Å²) >= 11 is 5.64. The molecule has 1 aromatic rings. The number of hydrogen-bond donors (Lipinski definition) is 0. The van der Waals surface area contributed by atoms with Gasteiger partial charge >= 0.3 is 0 Å². The third kappa shape index (κ3) is 5.51. The van der Waals surface area contributed by atoms with Crippen LogP contribution in [0.25, 0.3) is 0 Å². The third-order valence-electron chi connectivity index (χ3n) is 2.74. The van der Waals surface area contributed by atoms with Gasteiger partial charge in [-0.2, -0.15) is 0 Å². The van der Waals surface area contributed by atoms with Gasteiger partial charge in [-0.1, -0.05) is 48.5 Å². The van der Waals surface area contributed by atoms with Crippen molar-refractivity contribution in [3.8, 4) is 0 Å². The molecule has 0 saturated carbocycles. The molecule has 17 heavy (non-hydrogen) atoms. The molecule has 0 N–H and O–H groups in total. The van der Waals surface area contributed by atoms with Crippen LogP contribution in [0.5, 0.6) is 0 Å². The van der Waals surface area contributed by atoms with Crippen molar-refractivity contribution in [1.29, 1.82) is 0 Å². The van der Waals surface area contributed by atoms with E-state index in [-0.39, 0.29) is 5.78 Å². The van der Waals surface area contributed by atoms with E-state index < -0.39 is 0 Å². The zero-order valence-corrected chi connectivity index (χ0v) is 13.9. The van der Waals surface area contributed by atoms with Crippen molar-refractivity contribution in [2.24, 2.45) is 0 Å². The van der Waals surface area contributed by atoms with Gasteiger partial charge in [0.15, 0.2) is 5.78 Å². The Morgan fingerprint density at radius 2 is 1.94 bits per heavy atom. The molecule has 94 valence electrons. The van der Waals surface area contributed by atoms with E-state index in [1.54, 1.807) is 0 Å². The number of rotatable bonds is 7.